The van der Waals surface area contributed by atoms with Crippen LogP contribution in [0.25, 0.3) is 0 Å². The van der Waals surface area contributed by atoms with Gasteiger partial charge in [0.15, 0.2) is 0 Å². The second-order valence-corrected chi connectivity index (χ2v) is 8.18. The Kier molecular flexibility index (Phi) is 8.90. The lowest BCUT2D eigenvalue weighted by atomic mass is 10.1. The van der Waals surface area contributed by atoms with Crippen LogP contribution in [0.3, 0.4) is 0 Å². The maximum atomic E-state index is 13.2. The van der Waals surface area contributed by atoms with E-state index in [-0.39, 0.29) is 6.61 Å². The largest absolute Gasteiger partial charge is 0.497 e. The van der Waals surface area contributed by atoms with E-state index in [1.165, 1.54) is 14.2 Å². The number of carbonyl (C=O) groups is 2. The van der Waals surface area contributed by atoms with Crippen LogP contribution < -0.4 is 20.1 Å². The number of amides is 2. The molecule has 8 heteroatoms. The Morgan fingerprint density at radius 2 is 1.69 bits per heavy atom. The first-order valence-electron chi connectivity index (χ1n) is 10.3. The van der Waals surface area contributed by atoms with E-state index in [4.69, 9.17) is 18.9 Å². The fourth-order valence-corrected chi connectivity index (χ4v) is 2.85. The van der Waals surface area contributed by atoms with E-state index < -0.39 is 29.7 Å². The van der Waals surface area contributed by atoms with Gasteiger partial charge in [0.1, 0.15) is 23.1 Å². The van der Waals surface area contributed by atoms with E-state index in [1.54, 1.807) is 45.9 Å². The average Bonchev–Trinajstić information content (AvgIpc) is 2.75. The Labute approximate surface area is 189 Å². The van der Waals surface area contributed by atoms with Gasteiger partial charge in [-0.05, 0) is 45.4 Å². The lowest BCUT2D eigenvalue weighted by molar-refractivity contribution is -0.122. The first-order valence-corrected chi connectivity index (χ1v) is 10.3. The lowest BCUT2D eigenvalue weighted by Gasteiger charge is -2.27. The topological polar surface area (TPSA) is 95.1 Å². The second-order valence-electron chi connectivity index (χ2n) is 8.18. The molecule has 2 aromatic carbocycles. The summed E-state index contributed by atoms with van der Waals surface area (Å²) >= 11 is 0. The number of benzene rings is 2. The van der Waals surface area contributed by atoms with E-state index in [0.29, 0.717) is 17.2 Å². The quantitative estimate of drug-likeness (QED) is 0.604. The normalized spacial score (nSPS) is 12.9. The van der Waals surface area contributed by atoms with Crippen molar-refractivity contribution >= 4 is 17.7 Å². The van der Waals surface area contributed by atoms with Crippen molar-refractivity contribution in [1.82, 2.24) is 5.32 Å². The number of nitrogens with one attached hydrogen (secondary N) is 2. The highest BCUT2D eigenvalue weighted by atomic mass is 16.6. The maximum absolute atomic E-state index is 13.2. The molecule has 0 radical (unpaired) electrons. The molecule has 2 rings (SSSR count). The number of methoxy groups -OCH3 is 2. The summed E-state index contributed by atoms with van der Waals surface area (Å²) in [6, 6.07) is 13.6. The van der Waals surface area contributed by atoms with Crippen LogP contribution in [0.15, 0.2) is 48.5 Å². The molecule has 0 heterocycles. The minimum atomic E-state index is -1.02. The highest BCUT2D eigenvalue weighted by Crippen LogP contribution is 2.29. The number of anilines is 1. The molecule has 2 aromatic rings. The van der Waals surface area contributed by atoms with Gasteiger partial charge in [-0.3, -0.25) is 4.79 Å². The first kappa shape index (κ1) is 25.0. The number of rotatable bonds is 9. The van der Waals surface area contributed by atoms with Crippen LogP contribution >= 0.6 is 0 Å². The van der Waals surface area contributed by atoms with Crippen LogP contribution in [0.5, 0.6) is 11.5 Å². The molecule has 0 saturated heterocycles. The van der Waals surface area contributed by atoms with Crippen molar-refractivity contribution in [2.24, 2.45) is 0 Å². The highest BCUT2D eigenvalue weighted by molar-refractivity contribution is 5.98. The molecule has 0 aliphatic carbocycles. The Morgan fingerprint density at radius 3 is 2.28 bits per heavy atom. The van der Waals surface area contributed by atoms with Gasteiger partial charge in [-0.25, -0.2) is 4.79 Å². The van der Waals surface area contributed by atoms with Crippen molar-refractivity contribution in [1.29, 1.82) is 0 Å². The summed E-state index contributed by atoms with van der Waals surface area (Å²) < 4.78 is 21.8. The third kappa shape index (κ3) is 7.77. The maximum Gasteiger partial charge on any atom is 0.408 e. The third-order valence-corrected chi connectivity index (χ3v) is 4.44. The van der Waals surface area contributed by atoms with E-state index in [2.05, 4.69) is 10.6 Å². The molecule has 0 fully saturated rings. The minimum Gasteiger partial charge on any atom is -0.497 e. The van der Waals surface area contributed by atoms with Crippen molar-refractivity contribution in [2.45, 2.75) is 52.0 Å². The molecule has 0 unspecified atom stereocenters. The fourth-order valence-electron chi connectivity index (χ4n) is 2.85. The Morgan fingerprint density at radius 1 is 1.00 bits per heavy atom. The molecule has 0 aliphatic rings. The van der Waals surface area contributed by atoms with Crippen LogP contribution in [0.2, 0.25) is 0 Å². The zero-order valence-corrected chi connectivity index (χ0v) is 19.4. The standard InChI is InChI=1S/C24H32N2O6/c1-16(31-15-17-10-8-7-9-11-17)21(26-23(28)32-24(2,3)4)22(27)25-19-14-18(29-5)12-13-20(19)30-6/h7-14,16,21H,15H2,1-6H3,(H,25,27)(H,26,28)/t16-,21-/m0/s1. The molecule has 0 aromatic heterocycles. The average molecular weight is 445 g/mol. The Balaban J connectivity index is 2.20. The van der Waals surface area contributed by atoms with E-state index in [1.807, 2.05) is 30.3 Å². The Bertz CT molecular complexity index is 895. The lowest BCUT2D eigenvalue weighted by Crippen LogP contribution is -2.52. The summed E-state index contributed by atoms with van der Waals surface area (Å²) in [7, 11) is 3.03. The number of alkyl carbamates (subject to hydrolysis) is 1. The monoisotopic (exact) mass is 444 g/mol. The summed E-state index contributed by atoms with van der Waals surface area (Å²) in [4.78, 5) is 25.6. The van der Waals surface area contributed by atoms with Crippen LogP contribution in [0.4, 0.5) is 10.5 Å². The number of hydrogen-bond acceptors (Lipinski definition) is 6. The van der Waals surface area contributed by atoms with Crippen LogP contribution in [0, 0.1) is 0 Å². The molecule has 174 valence electrons. The van der Waals surface area contributed by atoms with E-state index in [0.717, 1.165) is 5.56 Å². The van der Waals surface area contributed by atoms with Gasteiger partial charge < -0.3 is 29.6 Å². The third-order valence-electron chi connectivity index (χ3n) is 4.44. The zero-order chi connectivity index (χ0) is 23.7. The number of carbonyl (C=O) groups excluding carboxylic acids is 2. The molecular formula is C24H32N2O6. The predicted octanol–water partition coefficient (Wildman–Crippen LogP) is 4.14. The van der Waals surface area contributed by atoms with Gasteiger partial charge >= 0.3 is 6.09 Å². The van der Waals surface area contributed by atoms with Gasteiger partial charge in [-0.2, -0.15) is 0 Å². The van der Waals surface area contributed by atoms with E-state index in [9.17, 15) is 9.59 Å². The smallest absolute Gasteiger partial charge is 0.408 e. The summed E-state index contributed by atoms with van der Waals surface area (Å²) in [6.45, 7) is 7.24. The van der Waals surface area contributed by atoms with Crippen LogP contribution in [0.1, 0.15) is 33.3 Å². The molecule has 0 saturated carbocycles. The van der Waals surface area contributed by atoms with Gasteiger partial charge in [0, 0.05) is 6.07 Å². The fraction of sp³-hybridized carbons (Fsp3) is 0.417. The number of hydrogen-bond donors (Lipinski definition) is 2. The molecule has 32 heavy (non-hydrogen) atoms. The van der Waals surface area contributed by atoms with Gasteiger partial charge in [-0.15, -0.1) is 0 Å². The minimum absolute atomic E-state index is 0.282. The molecule has 0 spiro atoms. The van der Waals surface area contributed by atoms with Crippen LogP contribution in [-0.2, 0) is 20.9 Å². The molecule has 2 amide bonds. The van der Waals surface area contributed by atoms with Gasteiger partial charge in [-0.1, -0.05) is 30.3 Å². The Hall–Kier alpha value is -3.26. The molecule has 0 aliphatic heterocycles. The van der Waals surface area contributed by atoms with Crippen molar-refractivity contribution < 1.29 is 28.5 Å². The van der Waals surface area contributed by atoms with Crippen molar-refractivity contribution in [3.8, 4) is 11.5 Å². The van der Waals surface area contributed by atoms with Gasteiger partial charge in [0.2, 0.25) is 5.91 Å². The highest BCUT2D eigenvalue weighted by Gasteiger charge is 2.30. The molecular weight excluding hydrogens is 412 g/mol. The second kappa shape index (κ2) is 11.4. The van der Waals surface area contributed by atoms with E-state index >= 15 is 0 Å². The summed E-state index contributed by atoms with van der Waals surface area (Å²) in [5.74, 6) is 0.516. The van der Waals surface area contributed by atoms with Crippen molar-refractivity contribution in [2.75, 3.05) is 19.5 Å². The zero-order valence-electron chi connectivity index (χ0n) is 19.4. The molecule has 2 atom stereocenters. The van der Waals surface area contributed by atoms with Crippen molar-refractivity contribution in [3.05, 3.63) is 54.1 Å². The summed E-state index contributed by atoms with van der Waals surface area (Å²) in [5, 5.41) is 5.41. The SMILES string of the molecule is COc1ccc(OC)c(NC(=O)[C@@H](NC(=O)OC(C)(C)C)[C@H](C)OCc2ccccc2)c1. The summed E-state index contributed by atoms with van der Waals surface area (Å²) in [6.07, 6.45) is -1.37. The molecule has 2 N–H and O–H groups in total. The molecule has 8 nitrogen and oxygen atoms in total. The predicted molar refractivity (Wildman–Crippen MR) is 122 cm³/mol. The van der Waals surface area contributed by atoms with Gasteiger partial charge in [0.05, 0.1) is 32.6 Å². The van der Waals surface area contributed by atoms with Crippen molar-refractivity contribution in [3.63, 3.8) is 0 Å². The molecule has 0 bridgehead atoms. The number of ether oxygens (including phenoxy) is 4. The van der Waals surface area contributed by atoms with Crippen LogP contribution in [-0.4, -0.2) is 44.0 Å². The summed E-state index contributed by atoms with van der Waals surface area (Å²) in [5.41, 5.74) is 0.642. The first-order chi connectivity index (χ1) is 15.1. The van der Waals surface area contributed by atoms with Gasteiger partial charge in [0.25, 0.3) is 0 Å².